The Kier molecular flexibility index (Phi) is 7.32. The van der Waals surface area contributed by atoms with Crippen molar-refractivity contribution < 1.29 is 27.6 Å². The highest BCUT2D eigenvalue weighted by molar-refractivity contribution is 6.36. The fourth-order valence-electron chi connectivity index (χ4n) is 2.69. The molecule has 152 valence electrons. The number of halogens is 2. The second kappa shape index (κ2) is 9.50. The number of esters is 1. The largest absolute Gasteiger partial charge is 0.796 e. The summed E-state index contributed by atoms with van der Waals surface area (Å²) in [6.07, 6.45) is 6.55. The normalized spacial score (nSPS) is 16.7. The maximum atomic E-state index is 12.9. The molecular weight excluding hydrogens is 377 g/mol. The van der Waals surface area contributed by atoms with Gasteiger partial charge in [0.2, 0.25) is 0 Å². The smallest absolute Gasteiger partial charge is 0.505 e. The summed E-state index contributed by atoms with van der Waals surface area (Å²) >= 11 is 0. The van der Waals surface area contributed by atoms with Crippen LogP contribution < -0.4 is 0 Å². The standard InChI is InChI=1S/C22H23BF2O4/c1-5-21(27)28-18-12-8-15(9-13-18)19(26)14-20(29-23(24)25)16-6-10-17(11-7-16)22(2,3)4/h5-12,14,18H,1,13H2,2-4H3/b20-14-. The highest BCUT2D eigenvalue weighted by atomic mass is 19.2. The van der Waals surface area contributed by atoms with Crippen molar-refractivity contribution in [3.63, 3.8) is 0 Å². The summed E-state index contributed by atoms with van der Waals surface area (Å²) < 4.78 is 35.4. The molecule has 0 radical (unpaired) electrons. The summed E-state index contributed by atoms with van der Waals surface area (Å²) in [6, 6.07) is 6.94. The van der Waals surface area contributed by atoms with E-state index in [0.717, 1.165) is 17.7 Å². The molecule has 0 spiro atoms. The van der Waals surface area contributed by atoms with Gasteiger partial charge in [0, 0.05) is 29.7 Å². The molecule has 4 nitrogen and oxygen atoms in total. The summed E-state index contributed by atoms with van der Waals surface area (Å²) in [4.78, 5) is 23.8. The molecule has 2 rings (SSSR count). The molecule has 0 aliphatic heterocycles. The summed E-state index contributed by atoms with van der Waals surface area (Å²) in [6.45, 7) is 9.45. The first-order chi connectivity index (χ1) is 13.6. The van der Waals surface area contributed by atoms with Crippen LogP contribution >= 0.6 is 0 Å². The van der Waals surface area contributed by atoms with Gasteiger partial charge in [0.1, 0.15) is 11.9 Å². The zero-order valence-corrected chi connectivity index (χ0v) is 16.7. The molecular formula is C22H23BF2O4. The van der Waals surface area contributed by atoms with Crippen LogP contribution in [0.3, 0.4) is 0 Å². The number of allylic oxidation sites excluding steroid dienone is 3. The van der Waals surface area contributed by atoms with E-state index in [2.05, 4.69) is 11.2 Å². The van der Waals surface area contributed by atoms with Gasteiger partial charge in [-0.2, -0.15) is 0 Å². The van der Waals surface area contributed by atoms with Crippen molar-refractivity contribution in [2.45, 2.75) is 38.7 Å². The molecule has 0 fully saturated rings. The van der Waals surface area contributed by atoms with Gasteiger partial charge in [-0.15, -0.1) is 0 Å². The minimum Gasteiger partial charge on any atom is -0.505 e. The third-order valence-electron chi connectivity index (χ3n) is 4.29. The maximum Gasteiger partial charge on any atom is 0.796 e. The van der Waals surface area contributed by atoms with Crippen LogP contribution in [-0.2, 0) is 24.4 Å². The molecule has 0 amide bonds. The van der Waals surface area contributed by atoms with Gasteiger partial charge in [0.25, 0.3) is 0 Å². The van der Waals surface area contributed by atoms with Gasteiger partial charge in [-0.25, -0.2) is 13.4 Å². The molecule has 0 heterocycles. The monoisotopic (exact) mass is 400 g/mol. The lowest BCUT2D eigenvalue weighted by Crippen LogP contribution is -2.16. The van der Waals surface area contributed by atoms with Crippen LogP contribution in [-0.4, -0.2) is 25.3 Å². The van der Waals surface area contributed by atoms with Crippen LogP contribution in [0.15, 0.2) is 66.8 Å². The van der Waals surface area contributed by atoms with Gasteiger partial charge in [-0.1, -0.05) is 63.8 Å². The molecule has 1 aliphatic carbocycles. The van der Waals surface area contributed by atoms with E-state index in [1.807, 2.05) is 32.9 Å². The van der Waals surface area contributed by atoms with Crippen LogP contribution in [0, 0.1) is 0 Å². The molecule has 0 aromatic heterocycles. The van der Waals surface area contributed by atoms with Crippen LogP contribution in [0.1, 0.15) is 38.3 Å². The van der Waals surface area contributed by atoms with E-state index in [0.29, 0.717) is 17.6 Å². The van der Waals surface area contributed by atoms with Crippen LogP contribution in [0.5, 0.6) is 0 Å². The summed E-state index contributed by atoms with van der Waals surface area (Å²) in [7, 11) is -3.06. The van der Waals surface area contributed by atoms with Gasteiger partial charge in [0.15, 0.2) is 5.78 Å². The Hall–Kier alpha value is -2.96. The highest BCUT2D eigenvalue weighted by Gasteiger charge is 2.23. The van der Waals surface area contributed by atoms with E-state index in [4.69, 9.17) is 4.74 Å². The number of rotatable bonds is 7. The minimum atomic E-state index is -3.06. The number of benzene rings is 1. The highest BCUT2D eigenvalue weighted by Crippen LogP contribution is 2.26. The van der Waals surface area contributed by atoms with E-state index < -0.39 is 25.3 Å². The Morgan fingerprint density at radius 1 is 1.21 bits per heavy atom. The predicted octanol–water partition coefficient (Wildman–Crippen LogP) is 4.82. The second-order valence-corrected chi connectivity index (χ2v) is 7.51. The molecule has 1 unspecified atom stereocenters. The molecule has 7 heteroatoms. The topological polar surface area (TPSA) is 52.6 Å². The number of hydrogen-bond donors (Lipinski definition) is 0. The van der Waals surface area contributed by atoms with Gasteiger partial charge >= 0.3 is 13.4 Å². The molecule has 29 heavy (non-hydrogen) atoms. The number of hydrogen-bond acceptors (Lipinski definition) is 4. The van der Waals surface area contributed by atoms with Crippen molar-refractivity contribution in [1.29, 1.82) is 0 Å². The molecule has 0 bridgehead atoms. The fraction of sp³-hybridized carbons (Fsp3) is 0.273. The van der Waals surface area contributed by atoms with Crippen LogP contribution in [0.2, 0.25) is 0 Å². The first-order valence-corrected chi connectivity index (χ1v) is 9.13. The Morgan fingerprint density at radius 2 is 1.86 bits per heavy atom. The molecule has 0 saturated carbocycles. The SMILES string of the molecule is C=CC(=O)OC1C=CC(C(=O)/C=C(\OB(F)F)c2ccc(C(C)(C)C)cc2)=CC1. The summed E-state index contributed by atoms with van der Waals surface area (Å²) in [5, 5.41) is 0. The van der Waals surface area contributed by atoms with Crippen molar-refractivity contribution in [1.82, 2.24) is 0 Å². The molecule has 1 aliphatic rings. The second-order valence-electron chi connectivity index (χ2n) is 7.51. The van der Waals surface area contributed by atoms with Crippen molar-refractivity contribution in [2.75, 3.05) is 0 Å². The van der Waals surface area contributed by atoms with Gasteiger partial charge in [-0.3, -0.25) is 4.79 Å². The van der Waals surface area contributed by atoms with Crippen LogP contribution in [0.4, 0.5) is 8.63 Å². The minimum absolute atomic E-state index is 0.0922. The lowest BCUT2D eigenvalue weighted by Gasteiger charge is -2.19. The van der Waals surface area contributed by atoms with Gasteiger partial charge in [-0.05, 0) is 17.1 Å². The van der Waals surface area contributed by atoms with E-state index >= 15 is 0 Å². The Balaban J connectivity index is 2.20. The molecule has 1 aromatic rings. The average Bonchev–Trinajstić information content (AvgIpc) is 2.67. The van der Waals surface area contributed by atoms with E-state index in [9.17, 15) is 18.2 Å². The summed E-state index contributed by atoms with van der Waals surface area (Å²) in [5.41, 5.74) is 1.62. The average molecular weight is 400 g/mol. The predicted molar refractivity (Wildman–Crippen MR) is 109 cm³/mol. The quantitative estimate of drug-likeness (QED) is 0.285. The lowest BCUT2D eigenvalue weighted by molar-refractivity contribution is -0.140. The zero-order valence-electron chi connectivity index (χ0n) is 16.7. The molecule has 0 N–H and O–H groups in total. The van der Waals surface area contributed by atoms with Crippen molar-refractivity contribution >= 4 is 25.0 Å². The zero-order chi connectivity index (χ0) is 21.6. The van der Waals surface area contributed by atoms with Crippen LogP contribution in [0.25, 0.3) is 5.76 Å². The lowest BCUT2D eigenvalue weighted by atomic mass is 9.86. The first-order valence-electron chi connectivity index (χ1n) is 9.13. The van der Waals surface area contributed by atoms with Crippen molar-refractivity contribution in [3.05, 3.63) is 77.9 Å². The Morgan fingerprint density at radius 3 is 2.34 bits per heavy atom. The summed E-state index contributed by atoms with van der Waals surface area (Å²) in [5.74, 6) is -1.25. The third kappa shape index (κ3) is 6.56. The fourth-order valence-corrected chi connectivity index (χ4v) is 2.69. The number of ether oxygens (including phenoxy) is 1. The Bertz CT molecular complexity index is 862. The van der Waals surface area contributed by atoms with Gasteiger partial charge < -0.3 is 9.39 Å². The van der Waals surface area contributed by atoms with E-state index in [-0.39, 0.29) is 11.2 Å². The molecule has 1 aromatic carbocycles. The number of carbonyl (C=O) groups excluding carboxylic acids is 2. The van der Waals surface area contributed by atoms with E-state index in [1.165, 1.54) is 6.08 Å². The van der Waals surface area contributed by atoms with E-state index in [1.54, 1.807) is 24.3 Å². The number of ketones is 1. The molecule has 0 saturated heterocycles. The third-order valence-corrected chi connectivity index (χ3v) is 4.29. The maximum absolute atomic E-state index is 12.9. The van der Waals surface area contributed by atoms with Crippen molar-refractivity contribution in [2.24, 2.45) is 0 Å². The Labute approximate surface area is 169 Å². The van der Waals surface area contributed by atoms with Crippen molar-refractivity contribution in [3.8, 4) is 0 Å². The van der Waals surface area contributed by atoms with Gasteiger partial charge in [0.05, 0.1) is 0 Å². The first kappa shape index (κ1) is 22.3. The molecule has 1 atom stereocenters. The number of carbonyl (C=O) groups is 2.